The summed E-state index contributed by atoms with van der Waals surface area (Å²) in [5.74, 6) is 0. The van der Waals surface area contributed by atoms with Crippen LogP contribution in [0.5, 0.6) is 0 Å². The first-order chi connectivity index (χ1) is 7.84. The van der Waals surface area contributed by atoms with Crippen molar-refractivity contribution in [2.75, 3.05) is 72.6 Å². The molecule has 0 spiro atoms. The molecule has 2 aliphatic rings. The highest BCUT2D eigenvalue weighted by molar-refractivity contribution is 4.67. The first kappa shape index (κ1) is 12.3. The number of hydrogen-bond acceptors (Lipinski definition) is 5. The number of hydroxylamine groups is 2. The summed E-state index contributed by atoms with van der Waals surface area (Å²) in [4.78, 5) is 10.6. The third kappa shape index (κ3) is 3.99. The van der Waals surface area contributed by atoms with Crippen LogP contribution in [0.4, 0.5) is 0 Å². The SMILES string of the molecule is CN1CCN(OCCN2CCNCC2)CC1. The number of piperazine rings is 2. The standard InChI is InChI=1S/C11H24N4O/c1-13-6-8-15(9-7-13)16-11-10-14-4-2-12-3-5-14/h12H,2-11H2,1H3. The van der Waals surface area contributed by atoms with E-state index >= 15 is 0 Å². The fourth-order valence-corrected chi connectivity index (χ4v) is 2.15. The van der Waals surface area contributed by atoms with Gasteiger partial charge in [-0.3, -0.25) is 9.74 Å². The summed E-state index contributed by atoms with van der Waals surface area (Å²) in [6, 6.07) is 0. The molecular weight excluding hydrogens is 204 g/mol. The van der Waals surface area contributed by atoms with Crippen LogP contribution in [0.2, 0.25) is 0 Å². The van der Waals surface area contributed by atoms with Crippen molar-refractivity contribution in [2.24, 2.45) is 0 Å². The maximum atomic E-state index is 5.78. The van der Waals surface area contributed by atoms with Crippen LogP contribution in [0.3, 0.4) is 0 Å². The Kier molecular flexibility index (Phi) is 4.99. The number of likely N-dealkylation sites (N-methyl/N-ethyl adjacent to an activating group) is 1. The van der Waals surface area contributed by atoms with Gasteiger partial charge in [-0.05, 0) is 7.05 Å². The molecular formula is C11H24N4O. The minimum atomic E-state index is 0.837. The molecule has 0 saturated carbocycles. The van der Waals surface area contributed by atoms with Crippen molar-refractivity contribution >= 4 is 0 Å². The maximum Gasteiger partial charge on any atom is 0.0812 e. The van der Waals surface area contributed by atoms with Crippen LogP contribution >= 0.6 is 0 Å². The summed E-state index contributed by atoms with van der Waals surface area (Å²) >= 11 is 0. The van der Waals surface area contributed by atoms with Gasteiger partial charge in [-0.2, -0.15) is 5.06 Å². The van der Waals surface area contributed by atoms with Gasteiger partial charge in [0.2, 0.25) is 0 Å². The average molecular weight is 228 g/mol. The lowest BCUT2D eigenvalue weighted by Crippen LogP contribution is -2.47. The van der Waals surface area contributed by atoms with Crippen LogP contribution < -0.4 is 5.32 Å². The number of hydrogen-bond donors (Lipinski definition) is 1. The van der Waals surface area contributed by atoms with Gasteiger partial charge < -0.3 is 10.2 Å². The van der Waals surface area contributed by atoms with E-state index in [2.05, 4.69) is 27.2 Å². The van der Waals surface area contributed by atoms with Crippen LogP contribution in [0.15, 0.2) is 0 Å². The quantitative estimate of drug-likeness (QED) is 0.672. The summed E-state index contributed by atoms with van der Waals surface area (Å²) < 4.78 is 0. The molecule has 0 atom stereocenters. The molecule has 0 unspecified atom stereocenters. The topological polar surface area (TPSA) is 31.0 Å². The third-order valence-electron chi connectivity index (χ3n) is 3.35. The van der Waals surface area contributed by atoms with Gasteiger partial charge in [-0.15, -0.1) is 0 Å². The molecule has 2 fully saturated rings. The van der Waals surface area contributed by atoms with Gasteiger partial charge >= 0.3 is 0 Å². The highest BCUT2D eigenvalue weighted by atomic mass is 16.7. The van der Waals surface area contributed by atoms with Gasteiger partial charge in [-0.1, -0.05) is 0 Å². The summed E-state index contributed by atoms with van der Waals surface area (Å²) in [7, 11) is 2.16. The van der Waals surface area contributed by atoms with Gasteiger partial charge in [-0.25, -0.2) is 0 Å². The molecule has 0 aromatic rings. The second-order valence-corrected chi connectivity index (χ2v) is 4.66. The Hall–Kier alpha value is -0.200. The first-order valence-electron chi connectivity index (χ1n) is 6.34. The Labute approximate surface area is 98.3 Å². The Bertz CT molecular complexity index is 188. The number of nitrogens with zero attached hydrogens (tertiary/aromatic N) is 3. The second kappa shape index (κ2) is 6.51. The van der Waals surface area contributed by atoms with E-state index in [9.17, 15) is 0 Å². The Morgan fingerprint density at radius 2 is 1.69 bits per heavy atom. The molecule has 2 aliphatic heterocycles. The highest BCUT2D eigenvalue weighted by Crippen LogP contribution is 2.00. The Morgan fingerprint density at radius 1 is 1.00 bits per heavy atom. The maximum absolute atomic E-state index is 5.78. The zero-order valence-corrected chi connectivity index (χ0v) is 10.3. The molecule has 0 aromatic carbocycles. The fraction of sp³-hybridized carbons (Fsp3) is 1.00. The molecule has 0 aromatic heterocycles. The number of rotatable bonds is 4. The third-order valence-corrected chi connectivity index (χ3v) is 3.35. The molecule has 5 heteroatoms. The van der Waals surface area contributed by atoms with Crippen molar-refractivity contribution in [1.82, 2.24) is 20.2 Å². The molecule has 0 amide bonds. The van der Waals surface area contributed by atoms with Crippen LogP contribution in [0.1, 0.15) is 0 Å². The molecule has 2 rings (SSSR count). The average Bonchev–Trinajstić information content (AvgIpc) is 2.33. The molecule has 1 N–H and O–H groups in total. The zero-order chi connectivity index (χ0) is 11.2. The summed E-state index contributed by atoms with van der Waals surface area (Å²) in [5.41, 5.74) is 0. The Morgan fingerprint density at radius 3 is 2.38 bits per heavy atom. The van der Waals surface area contributed by atoms with E-state index < -0.39 is 0 Å². The normalized spacial score (nSPS) is 26.1. The van der Waals surface area contributed by atoms with Gasteiger partial charge in [0.15, 0.2) is 0 Å². The molecule has 0 bridgehead atoms. The molecule has 16 heavy (non-hydrogen) atoms. The minimum absolute atomic E-state index is 0.837. The lowest BCUT2D eigenvalue weighted by molar-refractivity contribution is -0.177. The number of nitrogens with one attached hydrogen (secondary N) is 1. The van der Waals surface area contributed by atoms with Gasteiger partial charge in [0.25, 0.3) is 0 Å². The van der Waals surface area contributed by atoms with Gasteiger partial charge in [0, 0.05) is 58.9 Å². The van der Waals surface area contributed by atoms with Crippen LogP contribution in [0.25, 0.3) is 0 Å². The van der Waals surface area contributed by atoms with E-state index in [1.165, 1.54) is 0 Å². The fourth-order valence-electron chi connectivity index (χ4n) is 2.15. The van der Waals surface area contributed by atoms with Crippen LogP contribution in [-0.2, 0) is 4.84 Å². The molecule has 2 saturated heterocycles. The Balaban J connectivity index is 1.53. The van der Waals surface area contributed by atoms with Crippen LogP contribution in [0, 0.1) is 0 Å². The summed E-state index contributed by atoms with van der Waals surface area (Å²) in [5, 5.41) is 5.47. The van der Waals surface area contributed by atoms with E-state index in [0.29, 0.717) is 0 Å². The summed E-state index contributed by atoms with van der Waals surface area (Å²) in [6.45, 7) is 10.8. The second-order valence-electron chi connectivity index (χ2n) is 4.66. The van der Waals surface area contributed by atoms with E-state index in [0.717, 1.165) is 65.5 Å². The zero-order valence-electron chi connectivity index (χ0n) is 10.3. The highest BCUT2D eigenvalue weighted by Gasteiger charge is 2.15. The summed E-state index contributed by atoms with van der Waals surface area (Å²) in [6.07, 6.45) is 0. The minimum Gasteiger partial charge on any atom is -0.314 e. The lowest BCUT2D eigenvalue weighted by Gasteiger charge is -2.32. The van der Waals surface area contributed by atoms with E-state index in [4.69, 9.17) is 4.84 Å². The van der Waals surface area contributed by atoms with Crippen molar-refractivity contribution in [3.05, 3.63) is 0 Å². The smallest absolute Gasteiger partial charge is 0.0812 e. The molecule has 94 valence electrons. The van der Waals surface area contributed by atoms with Crippen molar-refractivity contribution in [3.63, 3.8) is 0 Å². The first-order valence-corrected chi connectivity index (χ1v) is 6.34. The predicted octanol–water partition coefficient (Wildman–Crippen LogP) is -0.929. The van der Waals surface area contributed by atoms with E-state index in [1.807, 2.05) is 0 Å². The molecule has 2 heterocycles. The largest absolute Gasteiger partial charge is 0.314 e. The van der Waals surface area contributed by atoms with Crippen molar-refractivity contribution in [3.8, 4) is 0 Å². The molecule has 0 aliphatic carbocycles. The van der Waals surface area contributed by atoms with E-state index in [1.54, 1.807) is 0 Å². The lowest BCUT2D eigenvalue weighted by atomic mass is 10.4. The molecule has 0 radical (unpaired) electrons. The van der Waals surface area contributed by atoms with Crippen molar-refractivity contribution in [1.29, 1.82) is 0 Å². The van der Waals surface area contributed by atoms with Gasteiger partial charge in [0.05, 0.1) is 6.61 Å². The van der Waals surface area contributed by atoms with Gasteiger partial charge in [0.1, 0.15) is 0 Å². The monoisotopic (exact) mass is 228 g/mol. The molecule has 5 nitrogen and oxygen atoms in total. The van der Waals surface area contributed by atoms with E-state index in [-0.39, 0.29) is 0 Å². The van der Waals surface area contributed by atoms with Crippen molar-refractivity contribution < 1.29 is 4.84 Å². The predicted molar refractivity (Wildman–Crippen MR) is 64.3 cm³/mol. The van der Waals surface area contributed by atoms with Crippen molar-refractivity contribution in [2.45, 2.75) is 0 Å². The van der Waals surface area contributed by atoms with Crippen LogP contribution in [-0.4, -0.2) is 87.4 Å².